The molecule has 1 aliphatic carbocycles. The van der Waals surface area contributed by atoms with Gasteiger partial charge in [0.2, 0.25) is 11.5 Å². The minimum Gasteiger partial charge on any atom is -0.464 e. The normalized spacial score (nSPS) is 20.9. The number of carbonyl (C=O) groups excluding carboxylic acids is 1. The lowest BCUT2D eigenvalue weighted by Gasteiger charge is -2.13. The van der Waals surface area contributed by atoms with Crippen molar-refractivity contribution in [3.05, 3.63) is 29.3 Å². The summed E-state index contributed by atoms with van der Waals surface area (Å²) in [5, 5.41) is 6.89. The van der Waals surface area contributed by atoms with E-state index < -0.39 is 0 Å². The fourth-order valence-corrected chi connectivity index (χ4v) is 2.23. The third-order valence-electron chi connectivity index (χ3n) is 3.61. The Morgan fingerprint density at radius 1 is 1.50 bits per heavy atom. The molecule has 0 saturated heterocycles. The summed E-state index contributed by atoms with van der Waals surface area (Å²) in [7, 11) is 1.65. The average Bonchev–Trinajstić information content (AvgIpc) is 2.81. The van der Waals surface area contributed by atoms with E-state index in [-0.39, 0.29) is 17.4 Å². The van der Waals surface area contributed by atoms with Crippen LogP contribution in [0.5, 0.6) is 0 Å². The van der Waals surface area contributed by atoms with Crippen LogP contribution in [-0.4, -0.2) is 28.2 Å². The van der Waals surface area contributed by atoms with E-state index >= 15 is 0 Å². The largest absolute Gasteiger partial charge is 0.464 e. The van der Waals surface area contributed by atoms with Gasteiger partial charge in [-0.25, -0.2) is 4.63 Å². The van der Waals surface area contributed by atoms with Gasteiger partial charge < -0.3 is 15.1 Å². The lowest BCUT2D eigenvalue weighted by atomic mass is 10.3. The molecule has 2 heterocycles. The topological polar surface area (TPSA) is 98.4 Å². The molecule has 0 bridgehead atoms. The van der Waals surface area contributed by atoms with E-state index in [1.807, 2.05) is 12.1 Å². The Hall–Kier alpha value is -2.31. The van der Waals surface area contributed by atoms with Gasteiger partial charge in [0.05, 0.1) is 6.54 Å². The molecule has 0 spiro atoms. The van der Waals surface area contributed by atoms with Gasteiger partial charge in [0, 0.05) is 13.0 Å². The first-order chi connectivity index (χ1) is 9.56. The summed E-state index contributed by atoms with van der Waals surface area (Å²) in [6, 6.07) is 3.88. The van der Waals surface area contributed by atoms with Crippen LogP contribution in [0, 0.1) is 5.92 Å². The first-order valence-corrected chi connectivity index (χ1v) is 6.48. The molecule has 20 heavy (non-hydrogen) atoms. The van der Waals surface area contributed by atoms with Crippen LogP contribution in [0.1, 0.15) is 41.3 Å². The van der Waals surface area contributed by atoms with Gasteiger partial charge in [0.1, 0.15) is 11.5 Å². The molecule has 7 nitrogen and oxygen atoms in total. The van der Waals surface area contributed by atoms with Gasteiger partial charge >= 0.3 is 0 Å². The van der Waals surface area contributed by atoms with Crippen LogP contribution in [-0.2, 0) is 6.54 Å². The van der Waals surface area contributed by atoms with Gasteiger partial charge in [-0.3, -0.25) is 4.79 Å². The van der Waals surface area contributed by atoms with E-state index in [1.54, 1.807) is 7.05 Å². The third kappa shape index (κ3) is 2.26. The number of hydrogen-bond donors (Lipinski definition) is 1. The molecule has 2 aromatic rings. The molecule has 1 saturated carbocycles. The quantitative estimate of drug-likeness (QED) is 0.911. The van der Waals surface area contributed by atoms with Crippen molar-refractivity contribution in [1.29, 1.82) is 0 Å². The summed E-state index contributed by atoms with van der Waals surface area (Å²) in [5.41, 5.74) is 5.52. The predicted octanol–water partition coefficient (Wildman–Crippen LogP) is 1.64. The second-order valence-electron chi connectivity index (χ2n) is 5.28. The Balaban J connectivity index is 1.66. The van der Waals surface area contributed by atoms with Crippen LogP contribution in [0.2, 0.25) is 0 Å². The number of rotatable bonds is 4. The number of hydrogen-bond acceptors (Lipinski definition) is 6. The zero-order chi connectivity index (χ0) is 14.3. The summed E-state index contributed by atoms with van der Waals surface area (Å²) in [6.07, 6.45) is 1.17. The molecule has 1 amide bonds. The van der Waals surface area contributed by atoms with E-state index in [0.717, 1.165) is 11.5 Å². The fraction of sp³-hybridized carbons (Fsp3) is 0.462. The van der Waals surface area contributed by atoms with Gasteiger partial charge in [-0.1, -0.05) is 6.92 Å². The number of nitrogens with zero attached hydrogens (tertiary/aromatic N) is 3. The highest BCUT2D eigenvalue weighted by atomic mass is 16.6. The molecule has 2 N–H and O–H groups in total. The second kappa shape index (κ2) is 4.66. The number of carbonyl (C=O) groups is 1. The number of anilines is 1. The van der Waals surface area contributed by atoms with E-state index in [9.17, 15) is 4.79 Å². The van der Waals surface area contributed by atoms with E-state index in [2.05, 4.69) is 21.9 Å². The Morgan fingerprint density at radius 2 is 2.25 bits per heavy atom. The SMILES string of the molecule is CC1CC1c1ccc(CN(C)C(=O)c2nonc2N)o1. The molecule has 1 aliphatic rings. The number of amides is 1. The van der Waals surface area contributed by atoms with Crippen LogP contribution < -0.4 is 5.73 Å². The average molecular weight is 276 g/mol. The first kappa shape index (κ1) is 12.7. The molecular formula is C13H16N4O3. The Morgan fingerprint density at radius 3 is 2.85 bits per heavy atom. The van der Waals surface area contributed by atoms with Crippen LogP contribution >= 0.6 is 0 Å². The van der Waals surface area contributed by atoms with Crippen molar-refractivity contribution in [3.8, 4) is 0 Å². The standard InChI is InChI=1S/C13H16N4O3/c1-7-5-9(7)10-4-3-8(19-10)6-17(2)13(18)11-12(14)16-20-15-11/h3-4,7,9H,5-6H2,1-2H3,(H2,14,16). The summed E-state index contributed by atoms with van der Waals surface area (Å²) < 4.78 is 10.2. The molecule has 106 valence electrons. The lowest BCUT2D eigenvalue weighted by molar-refractivity contribution is 0.0764. The second-order valence-corrected chi connectivity index (χ2v) is 5.28. The van der Waals surface area contributed by atoms with Gasteiger partial charge in [-0.05, 0) is 34.8 Å². The molecule has 0 aliphatic heterocycles. The number of aromatic nitrogens is 2. The minimum absolute atomic E-state index is 0.00575. The van der Waals surface area contributed by atoms with Crippen molar-refractivity contribution in [3.63, 3.8) is 0 Å². The van der Waals surface area contributed by atoms with Crippen LogP contribution in [0.3, 0.4) is 0 Å². The highest BCUT2D eigenvalue weighted by Gasteiger charge is 2.36. The number of nitrogens with two attached hydrogens (primary N) is 1. The molecule has 2 aromatic heterocycles. The summed E-state index contributed by atoms with van der Waals surface area (Å²) >= 11 is 0. The number of furan rings is 1. The fourth-order valence-electron chi connectivity index (χ4n) is 2.23. The van der Waals surface area contributed by atoms with Gasteiger partial charge in [-0.2, -0.15) is 0 Å². The van der Waals surface area contributed by atoms with Crippen molar-refractivity contribution in [2.75, 3.05) is 12.8 Å². The third-order valence-corrected chi connectivity index (χ3v) is 3.61. The maximum Gasteiger partial charge on any atom is 0.280 e. The molecule has 1 fully saturated rings. The molecule has 3 rings (SSSR count). The predicted molar refractivity (Wildman–Crippen MR) is 69.7 cm³/mol. The van der Waals surface area contributed by atoms with Gasteiger partial charge in [-0.15, -0.1) is 0 Å². The van der Waals surface area contributed by atoms with Crippen molar-refractivity contribution in [1.82, 2.24) is 15.2 Å². The van der Waals surface area contributed by atoms with Crippen LogP contribution in [0.15, 0.2) is 21.2 Å². The number of nitrogen functional groups attached to an aromatic ring is 1. The maximum absolute atomic E-state index is 12.1. The molecule has 0 radical (unpaired) electrons. The highest BCUT2D eigenvalue weighted by molar-refractivity contribution is 5.95. The molecule has 2 atom stereocenters. The molecule has 0 aromatic carbocycles. The summed E-state index contributed by atoms with van der Waals surface area (Å²) in [6.45, 7) is 2.55. The zero-order valence-electron chi connectivity index (χ0n) is 11.4. The lowest BCUT2D eigenvalue weighted by Crippen LogP contribution is -2.27. The van der Waals surface area contributed by atoms with Gasteiger partial charge in [0.25, 0.3) is 5.91 Å². The van der Waals surface area contributed by atoms with Crippen LogP contribution in [0.25, 0.3) is 0 Å². The van der Waals surface area contributed by atoms with Gasteiger partial charge in [0.15, 0.2) is 0 Å². The van der Waals surface area contributed by atoms with E-state index in [4.69, 9.17) is 10.2 Å². The van der Waals surface area contributed by atoms with Crippen LogP contribution in [0.4, 0.5) is 5.82 Å². The Labute approximate surface area is 115 Å². The first-order valence-electron chi connectivity index (χ1n) is 6.48. The molecular weight excluding hydrogens is 260 g/mol. The molecule has 7 heteroatoms. The minimum atomic E-state index is -0.346. The Bertz CT molecular complexity index is 633. The van der Waals surface area contributed by atoms with Crippen molar-refractivity contribution < 1.29 is 13.8 Å². The summed E-state index contributed by atoms with van der Waals surface area (Å²) in [5.74, 6) is 2.60. The molecule has 2 unspecified atom stereocenters. The summed E-state index contributed by atoms with van der Waals surface area (Å²) in [4.78, 5) is 13.5. The highest BCUT2D eigenvalue weighted by Crippen LogP contribution is 2.47. The van der Waals surface area contributed by atoms with Crippen molar-refractivity contribution >= 4 is 11.7 Å². The Kier molecular flexibility index (Phi) is 2.96. The maximum atomic E-state index is 12.1. The van der Waals surface area contributed by atoms with E-state index in [1.165, 1.54) is 11.3 Å². The monoisotopic (exact) mass is 276 g/mol. The zero-order valence-corrected chi connectivity index (χ0v) is 11.4. The van der Waals surface area contributed by atoms with Crippen molar-refractivity contribution in [2.24, 2.45) is 5.92 Å². The smallest absolute Gasteiger partial charge is 0.280 e. The van der Waals surface area contributed by atoms with Crippen molar-refractivity contribution in [2.45, 2.75) is 25.8 Å². The van der Waals surface area contributed by atoms with E-state index in [0.29, 0.717) is 18.4 Å².